The van der Waals surface area contributed by atoms with E-state index in [1.165, 1.54) is 0 Å². The van der Waals surface area contributed by atoms with Crippen LogP contribution < -0.4 is 0 Å². The van der Waals surface area contributed by atoms with Crippen molar-refractivity contribution in [2.75, 3.05) is 0 Å². The van der Waals surface area contributed by atoms with Gasteiger partial charge in [0.25, 0.3) is 0 Å². The van der Waals surface area contributed by atoms with Crippen molar-refractivity contribution < 1.29 is 9.90 Å². The molecule has 4 nitrogen and oxygen atoms in total. The largest absolute Gasteiger partial charge is 0.507 e. The Morgan fingerprint density at radius 2 is 2.00 bits per heavy atom. The number of nitrogens with one attached hydrogen (secondary N) is 1. The first-order valence-corrected chi connectivity index (χ1v) is 8.25. The predicted molar refractivity (Wildman–Crippen MR) is 95.9 cm³/mol. The molecule has 118 valence electrons. The number of aromatic amines is 1. The Balaban J connectivity index is 2.10. The van der Waals surface area contributed by atoms with E-state index in [4.69, 9.17) is 6.57 Å². The van der Waals surface area contributed by atoms with Gasteiger partial charge in [-0.15, -0.1) is 0 Å². The van der Waals surface area contributed by atoms with Crippen LogP contribution in [0.5, 0.6) is 5.75 Å². The molecule has 1 aliphatic carbocycles. The van der Waals surface area contributed by atoms with Crippen molar-refractivity contribution in [1.29, 1.82) is 0 Å². The molecular weight excluding hydrogens is 368 g/mol. The van der Waals surface area contributed by atoms with Crippen LogP contribution in [0, 0.1) is 6.57 Å². The van der Waals surface area contributed by atoms with Gasteiger partial charge < -0.3 is 10.1 Å². The third-order valence-electron chi connectivity index (χ3n) is 4.77. The highest BCUT2D eigenvalue weighted by Crippen LogP contribution is 2.46. The lowest BCUT2D eigenvalue weighted by molar-refractivity contribution is 0.103. The smallest absolute Gasteiger partial charge is 0.195 e. The molecular formula is C19H13BrN2O2. The van der Waals surface area contributed by atoms with Gasteiger partial charge in [0.1, 0.15) is 5.75 Å². The van der Waals surface area contributed by atoms with Crippen LogP contribution in [-0.2, 0) is 5.41 Å². The fraction of sp³-hybridized carbons (Fsp3) is 0.158. The first-order valence-electron chi connectivity index (χ1n) is 7.46. The van der Waals surface area contributed by atoms with Crippen molar-refractivity contribution in [3.05, 3.63) is 68.6 Å². The second kappa shape index (κ2) is 4.71. The zero-order chi connectivity index (χ0) is 17.2. The van der Waals surface area contributed by atoms with Crippen LogP contribution >= 0.6 is 15.9 Å². The van der Waals surface area contributed by atoms with Gasteiger partial charge in [0.05, 0.1) is 16.6 Å². The molecule has 2 aromatic carbocycles. The first kappa shape index (κ1) is 15.0. The van der Waals surface area contributed by atoms with Crippen LogP contribution in [0.4, 0.5) is 5.69 Å². The normalized spacial score (nSPS) is 15.0. The summed E-state index contributed by atoms with van der Waals surface area (Å²) in [7, 11) is 0. The van der Waals surface area contributed by atoms with Crippen LogP contribution in [-0.4, -0.2) is 15.9 Å². The summed E-state index contributed by atoms with van der Waals surface area (Å²) in [5, 5.41) is 10.9. The molecule has 4 rings (SSSR count). The van der Waals surface area contributed by atoms with E-state index in [-0.39, 0.29) is 11.5 Å². The van der Waals surface area contributed by atoms with Gasteiger partial charge in [0.2, 0.25) is 0 Å². The maximum atomic E-state index is 13.1. The molecule has 5 heteroatoms. The Morgan fingerprint density at radius 3 is 2.71 bits per heavy atom. The Morgan fingerprint density at radius 1 is 1.25 bits per heavy atom. The Hall–Kier alpha value is -2.58. The molecule has 0 spiro atoms. The molecule has 1 heterocycles. The number of aromatic hydroxyl groups is 1. The minimum absolute atomic E-state index is 0.0677. The lowest BCUT2D eigenvalue weighted by Gasteiger charge is -2.32. The molecule has 0 aliphatic heterocycles. The van der Waals surface area contributed by atoms with Gasteiger partial charge in [-0.3, -0.25) is 4.79 Å². The maximum absolute atomic E-state index is 13.1. The number of hydrogen-bond acceptors (Lipinski definition) is 2. The monoisotopic (exact) mass is 380 g/mol. The zero-order valence-electron chi connectivity index (χ0n) is 13.1. The number of rotatable bonds is 0. The number of H-pyrrole nitrogens is 1. The molecule has 1 aliphatic rings. The molecule has 1 aromatic heterocycles. The van der Waals surface area contributed by atoms with Gasteiger partial charge in [0.15, 0.2) is 11.5 Å². The molecule has 2 N–H and O–H groups in total. The summed E-state index contributed by atoms with van der Waals surface area (Å²) in [6.07, 6.45) is 0. The van der Waals surface area contributed by atoms with E-state index in [1.54, 1.807) is 24.3 Å². The number of carbonyl (C=O) groups excluding carboxylic acids is 1. The summed E-state index contributed by atoms with van der Waals surface area (Å²) < 4.78 is 0.504. The molecule has 0 saturated carbocycles. The van der Waals surface area contributed by atoms with Crippen molar-refractivity contribution in [2.24, 2.45) is 0 Å². The van der Waals surface area contributed by atoms with Gasteiger partial charge in [-0.2, -0.15) is 0 Å². The third kappa shape index (κ3) is 1.80. The number of hydrogen-bond donors (Lipinski definition) is 2. The fourth-order valence-electron chi connectivity index (χ4n) is 3.50. The number of fused-ring (bicyclic) bond motifs is 4. The van der Waals surface area contributed by atoms with Crippen LogP contribution in [0.1, 0.15) is 41.0 Å². The van der Waals surface area contributed by atoms with E-state index in [2.05, 4.69) is 25.8 Å². The van der Waals surface area contributed by atoms with Gasteiger partial charge in [-0.25, -0.2) is 4.85 Å². The summed E-state index contributed by atoms with van der Waals surface area (Å²) in [6, 6.07) is 8.65. The standard InChI is InChI=1S/C19H13BrN2O2/c1-19(2)12-8-15(23)13(20)7-11(12)17(24)16-10-5-4-9(21-3)6-14(10)22-18(16)19/h4-8,22-23H,1-2H3. The number of benzene rings is 2. The number of phenols is 1. The summed E-state index contributed by atoms with van der Waals surface area (Å²) in [6.45, 7) is 11.2. The highest BCUT2D eigenvalue weighted by atomic mass is 79.9. The Bertz CT molecular complexity index is 1090. The number of aromatic nitrogens is 1. The van der Waals surface area contributed by atoms with E-state index in [0.29, 0.717) is 21.3 Å². The van der Waals surface area contributed by atoms with Crippen molar-refractivity contribution in [1.82, 2.24) is 4.98 Å². The fourth-order valence-corrected chi connectivity index (χ4v) is 3.84. The average molecular weight is 381 g/mol. The highest BCUT2D eigenvalue weighted by molar-refractivity contribution is 9.10. The Labute approximate surface area is 147 Å². The number of ketones is 1. The lowest BCUT2D eigenvalue weighted by atomic mass is 9.71. The van der Waals surface area contributed by atoms with E-state index >= 15 is 0 Å². The molecule has 0 atom stereocenters. The van der Waals surface area contributed by atoms with E-state index in [0.717, 1.165) is 22.2 Å². The number of carbonyl (C=O) groups is 1. The summed E-state index contributed by atoms with van der Waals surface area (Å²) in [5.41, 5.74) is 3.70. The maximum Gasteiger partial charge on any atom is 0.195 e. The molecule has 0 fully saturated rings. The highest BCUT2D eigenvalue weighted by Gasteiger charge is 2.40. The SMILES string of the molecule is [C-]#[N+]c1ccc2c3c([nH]c2c1)C(C)(C)c1cc(O)c(Br)cc1C3=O. The van der Waals surface area contributed by atoms with Gasteiger partial charge in [-0.1, -0.05) is 26.0 Å². The molecule has 0 radical (unpaired) electrons. The number of halogens is 1. The van der Waals surface area contributed by atoms with Crippen LogP contribution in [0.25, 0.3) is 15.7 Å². The van der Waals surface area contributed by atoms with E-state index in [1.807, 2.05) is 19.9 Å². The summed E-state index contributed by atoms with van der Waals surface area (Å²) in [4.78, 5) is 19.9. The van der Waals surface area contributed by atoms with Gasteiger partial charge >= 0.3 is 0 Å². The van der Waals surface area contributed by atoms with E-state index < -0.39 is 5.41 Å². The Kier molecular flexibility index (Phi) is 2.94. The predicted octanol–water partition coefficient (Wildman–Crippen LogP) is 5.06. The first-order chi connectivity index (χ1) is 11.3. The van der Waals surface area contributed by atoms with Crippen molar-refractivity contribution in [2.45, 2.75) is 19.3 Å². The second-order valence-electron chi connectivity index (χ2n) is 6.52. The van der Waals surface area contributed by atoms with Gasteiger partial charge in [0, 0.05) is 27.6 Å². The third-order valence-corrected chi connectivity index (χ3v) is 5.40. The zero-order valence-corrected chi connectivity index (χ0v) is 14.7. The van der Waals surface area contributed by atoms with Crippen molar-refractivity contribution >= 4 is 38.3 Å². The number of phenolic OH excluding ortho intramolecular Hbond substituents is 1. The number of nitrogens with zero attached hydrogens (tertiary/aromatic N) is 1. The van der Waals surface area contributed by atoms with Crippen LogP contribution in [0.3, 0.4) is 0 Å². The minimum atomic E-state index is -0.464. The molecule has 0 bridgehead atoms. The molecule has 0 amide bonds. The molecule has 0 unspecified atom stereocenters. The van der Waals surface area contributed by atoms with Crippen molar-refractivity contribution in [3.8, 4) is 5.75 Å². The average Bonchev–Trinajstić information content (AvgIpc) is 2.94. The van der Waals surface area contributed by atoms with Crippen LogP contribution in [0.2, 0.25) is 0 Å². The molecule has 3 aromatic rings. The second-order valence-corrected chi connectivity index (χ2v) is 7.37. The quantitative estimate of drug-likeness (QED) is 0.535. The van der Waals surface area contributed by atoms with Gasteiger partial charge in [-0.05, 0) is 39.7 Å². The molecule has 24 heavy (non-hydrogen) atoms. The topological polar surface area (TPSA) is 57.4 Å². The minimum Gasteiger partial charge on any atom is -0.507 e. The van der Waals surface area contributed by atoms with Crippen LogP contribution in [0.15, 0.2) is 34.8 Å². The summed E-state index contributed by atoms with van der Waals surface area (Å²) in [5.74, 6) is 0.0475. The van der Waals surface area contributed by atoms with E-state index in [9.17, 15) is 9.90 Å². The summed E-state index contributed by atoms with van der Waals surface area (Å²) >= 11 is 3.30. The molecule has 0 saturated heterocycles. The van der Waals surface area contributed by atoms with Crippen molar-refractivity contribution in [3.63, 3.8) is 0 Å². The lowest BCUT2D eigenvalue weighted by Crippen LogP contribution is -2.30.